The largest absolute Gasteiger partial charge is 0.348 e. The van der Waals surface area contributed by atoms with E-state index in [1.54, 1.807) is 0 Å². The molecule has 1 amide bonds. The summed E-state index contributed by atoms with van der Waals surface area (Å²) in [6.07, 6.45) is 0. The molecule has 22 heavy (non-hydrogen) atoms. The maximum absolute atomic E-state index is 12.4. The predicted molar refractivity (Wildman–Crippen MR) is 90.4 cm³/mol. The Morgan fingerprint density at radius 3 is 2.23 bits per heavy atom. The molecule has 2 aromatic rings. The number of carbonyl (C=O) groups excluding carboxylic acids is 1. The Balaban J connectivity index is 1.74. The van der Waals surface area contributed by atoms with Crippen LogP contribution in [0.5, 0.6) is 0 Å². The number of rotatable bonds is 3. The smallest absolute Gasteiger partial charge is 0.251 e. The van der Waals surface area contributed by atoms with E-state index in [2.05, 4.69) is 19.2 Å². The molecule has 2 aromatic carbocycles. The molecule has 0 radical (unpaired) electrons. The van der Waals surface area contributed by atoms with Crippen LogP contribution in [-0.2, 0) is 0 Å². The number of nitrogens with one attached hydrogen (secondary N) is 1. The molecule has 0 spiro atoms. The average Bonchev–Trinajstić information content (AvgIpc) is 3.01. The summed E-state index contributed by atoms with van der Waals surface area (Å²) in [6, 6.07) is 15.7. The summed E-state index contributed by atoms with van der Waals surface area (Å²) in [5.74, 6) is 0.328. The lowest BCUT2D eigenvalue weighted by atomic mass is 10.0. The van der Waals surface area contributed by atoms with Gasteiger partial charge < -0.3 is 5.32 Å². The molecule has 1 fully saturated rings. The fourth-order valence-corrected chi connectivity index (χ4v) is 3.25. The van der Waals surface area contributed by atoms with Crippen LogP contribution in [0.1, 0.15) is 41.3 Å². The van der Waals surface area contributed by atoms with Crippen LogP contribution in [0.4, 0.5) is 0 Å². The van der Waals surface area contributed by atoms with E-state index in [1.807, 2.05) is 55.5 Å². The topological polar surface area (TPSA) is 29.1 Å². The zero-order valence-corrected chi connectivity index (χ0v) is 13.8. The summed E-state index contributed by atoms with van der Waals surface area (Å²) < 4.78 is 0. The van der Waals surface area contributed by atoms with Crippen molar-refractivity contribution in [2.24, 2.45) is 5.41 Å². The van der Waals surface area contributed by atoms with Crippen LogP contribution in [-0.4, -0.2) is 11.9 Å². The molecule has 0 heterocycles. The Kier molecular flexibility index (Phi) is 3.73. The standard InChI is InChI=1S/C19H20ClNO/c1-12-4-6-14(7-5-12)18(22)21-17-16(19(17,2)3)13-8-10-15(20)11-9-13/h4-11,16-17H,1-3H3,(H,21,22)/t16-,17-/m1/s1. The van der Waals surface area contributed by atoms with Gasteiger partial charge in [0.2, 0.25) is 0 Å². The van der Waals surface area contributed by atoms with Crippen molar-refractivity contribution >= 4 is 17.5 Å². The lowest BCUT2D eigenvalue weighted by molar-refractivity contribution is 0.0946. The van der Waals surface area contributed by atoms with Crippen molar-refractivity contribution in [2.45, 2.75) is 32.7 Å². The first-order valence-electron chi connectivity index (χ1n) is 7.52. The summed E-state index contributed by atoms with van der Waals surface area (Å²) in [4.78, 5) is 12.4. The molecule has 1 N–H and O–H groups in total. The molecule has 0 unspecified atom stereocenters. The number of aryl methyl sites for hydroxylation is 1. The Morgan fingerprint density at radius 2 is 1.64 bits per heavy atom. The van der Waals surface area contributed by atoms with E-state index < -0.39 is 0 Å². The van der Waals surface area contributed by atoms with Crippen LogP contribution in [0.15, 0.2) is 48.5 Å². The Labute approximate surface area is 136 Å². The van der Waals surface area contributed by atoms with Gasteiger partial charge in [-0.15, -0.1) is 0 Å². The van der Waals surface area contributed by atoms with E-state index in [0.29, 0.717) is 11.5 Å². The maximum atomic E-state index is 12.4. The van der Waals surface area contributed by atoms with Gasteiger partial charge in [-0.05, 0) is 42.2 Å². The van der Waals surface area contributed by atoms with Gasteiger partial charge in [0.25, 0.3) is 5.91 Å². The molecular formula is C19H20ClNO. The van der Waals surface area contributed by atoms with Crippen LogP contribution < -0.4 is 5.32 Å². The summed E-state index contributed by atoms with van der Waals surface area (Å²) >= 11 is 5.95. The second-order valence-electron chi connectivity index (χ2n) is 6.67. The van der Waals surface area contributed by atoms with Crippen molar-refractivity contribution < 1.29 is 4.79 Å². The van der Waals surface area contributed by atoms with Gasteiger partial charge in [0.1, 0.15) is 0 Å². The van der Waals surface area contributed by atoms with Crippen molar-refractivity contribution in [2.75, 3.05) is 0 Å². The highest BCUT2D eigenvalue weighted by Crippen LogP contribution is 2.58. The fourth-order valence-electron chi connectivity index (χ4n) is 3.13. The van der Waals surface area contributed by atoms with Crippen molar-refractivity contribution in [1.82, 2.24) is 5.32 Å². The molecule has 1 aliphatic rings. The molecule has 1 aliphatic carbocycles. The first-order valence-corrected chi connectivity index (χ1v) is 7.90. The number of hydrogen-bond donors (Lipinski definition) is 1. The number of carbonyl (C=O) groups is 1. The zero-order chi connectivity index (χ0) is 15.9. The third-order valence-electron chi connectivity index (χ3n) is 4.66. The lowest BCUT2D eigenvalue weighted by Crippen LogP contribution is -2.28. The normalized spacial score (nSPS) is 22.2. The van der Waals surface area contributed by atoms with Crippen molar-refractivity contribution in [3.63, 3.8) is 0 Å². The Bertz CT molecular complexity index is 688. The van der Waals surface area contributed by atoms with Gasteiger partial charge in [0.15, 0.2) is 0 Å². The van der Waals surface area contributed by atoms with Crippen molar-refractivity contribution in [1.29, 1.82) is 0 Å². The second kappa shape index (κ2) is 5.44. The van der Waals surface area contributed by atoms with Crippen LogP contribution in [0.2, 0.25) is 5.02 Å². The van der Waals surface area contributed by atoms with E-state index in [1.165, 1.54) is 5.56 Å². The highest BCUT2D eigenvalue weighted by atomic mass is 35.5. The minimum Gasteiger partial charge on any atom is -0.348 e. The number of halogens is 1. The third-order valence-corrected chi connectivity index (χ3v) is 4.91. The average molecular weight is 314 g/mol. The van der Waals surface area contributed by atoms with Crippen molar-refractivity contribution in [3.8, 4) is 0 Å². The predicted octanol–water partition coefficient (Wildman–Crippen LogP) is 4.57. The highest BCUT2D eigenvalue weighted by Gasteiger charge is 2.59. The quantitative estimate of drug-likeness (QED) is 0.883. The molecule has 0 bridgehead atoms. The van der Waals surface area contributed by atoms with Gasteiger partial charge in [-0.3, -0.25) is 4.79 Å². The first kappa shape index (κ1) is 15.1. The van der Waals surface area contributed by atoms with Crippen LogP contribution in [0, 0.1) is 12.3 Å². The van der Waals surface area contributed by atoms with Crippen LogP contribution in [0.3, 0.4) is 0 Å². The van der Waals surface area contributed by atoms with Gasteiger partial charge in [0, 0.05) is 22.5 Å². The third kappa shape index (κ3) is 2.76. The van der Waals surface area contributed by atoms with E-state index >= 15 is 0 Å². The molecular weight excluding hydrogens is 294 g/mol. The number of amides is 1. The maximum Gasteiger partial charge on any atom is 0.251 e. The number of benzene rings is 2. The zero-order valence-electron chi connectivity index (χ0n) is 13.1. The minimum absolute atomic E-state index is 0.00506. The summed E-state index contributed by atoms with van der Waals surface area (Å²) in [5.41, 5.74) is 3.16. The van der Waals surface area contributed by atoms with Gasteiger partial charge in [-0.1, -0.05) is 55.3 Å². The Hall–Kier alpha value is -1.80. The minimum atomic E-state index is -0.00506. The fraction of sp³-hybridized carbons (Fsp3) is 0.316. The monoisotopic (exact) mass is 313 g/mol. The first-order chi connectivity index (χ1) is 10.4. The van der Waals surface area contributed by atoms with Gasteiger partial charge in [-0.25, -0.2) is 0 Å². The van der Waals surface area contributed by atoms with E-state index in [-0.39, 0.29) is 17.4 Å². The summed E-state index contributed by atoms with van der Waals surface area (Å²) in [5, 5.41) is 3.91. The molecule has 0 aromatic heterocycles. The molecule has 2 atom stereocenters. The van der Waals surface area contributed by atoms with E-state index in [0.717, 1.165) is 10.6 Å². The van der Waals surface area contributed by atoms with Gasteiger partial charge in [-0.2, -0.15) is 0 Å². The molecule has 1 saturated carbocycles. The van der Waals surface area contributed by atoms with Crippen molar-refractivity contribution in [3.05, 3.63) is 70.2 Å². The Morgan fingerprint density at radius 1 is 1.05 bits per heavy atom. The molecule has 0 aliphatic heterocycles. The molecule has 2 nitrogen and oxygen atoms in total. The van der Waals surface area contributed by atoms with E-state index in [4.69, 9.17) is 11.6 Å². The van der Waals surface area contributed by atoms with Gasteiger partial charge in [0.05, 0.1) is 0 Å². The lowest BCUT2D eigenvalue weighted by Gasteiger charge is -2.06. The summed E-state index contributed by atoms with van der Waals surface area (Å²) in [6.45, 7) is 6.39. The summed E-state index contributed by atoms with van der Waals surface area (Å²) in [7, 11) is 0. The van der Waals surface area contributed by atoms with E-state index in [9.17, 15) is 4.79 Å². The van der Waals surface area contributed by atoms with Crippen LogP contribution in [0.25, 0.3) is 0 Å². The molecule has 0 saturated heterocycles. The number of hydrogen-bond acceptors (Lipinski definition) is 1. The SMILES string of the molecule is Cc1ccc(C(=O)N[C@@H]2[C@@H](c3ccc(Cl)cc3)C2(C)C)cc1. The second-order valence-corrected chi connectivity index (χ2v) is 7.10. The molecule has 3 heteroatoms. The van der Waals surface area contributed by atoms with Gasteiger partial charge >= 0.3 is 0 Å². The van der Waals surface area contributed by atoms with Crippen LogP contribution >= 0.6 is 11.6 Å². The molecule has 3 rings (SSSR count). The molecule has 114 valence electrons. The highest BCUT2D eigenvalue weighted by molar-refractivity contribution is 6.30.